The van der Waals surface area contributed by atoms with Crippen LogP contribution in [0.3, 0.4) is 0 Å². The summed E-state index contributed by atoms with van der Waals surface area (Å²) in [6.45, 7) is 1.72. The zero-order chi connectivity index (χ0) is 17.6. The molecule has 0 aliphatic heterocycles. The fourth-order valence-electron chi connectivity index (χ4n) is 2.86. The van der Waals surface area contributed by atoms with E-state index in [2.05, 4.69) is 15.1 Å². The molecule has 124 valence electrons. The lowest BCUT2D eigenvalue weighted by Gasteiger charge is -2.10. The molecule has 0 unspecified atom stereocenters. The number of nitrogens with zero attached hydrogens (tertiary/aromatic N) is 4. The second-order valence-corrected chi connectivity index (χ2v) is 5.91. The summed E-state index contributed by atoms with van der Waals surface area (Å²) in [4.78, 5) is 33.5. The van der Waals surface area contributed by atoms with Crippen molar-refractivity contribution in [1.82, 2.24) is 24.3 Å². The molecular weight excluding hydrogens is 342 g/mol. The number of hydrogen-bond donors (Lipinski definition) is 1. The van der Waals surface area contributed by atoms with Gasteiger partial charge in [-0.25, -0.2) is 9.97 Å². The molecule has 7 nitrogen and oxygen atoms in total. The van der Waals surface area contributed by atoms with Crippen LogP contribution in [0.2, 0.25) is 5.02 Å². The van der Waals surface area contributed by atoms with Crippen molar-refractivity contribution in [3.8, 4) is 11.6 Å². The number of H-pyrrole nitrogens is 1. The standard InChI is InChI=1S/C17H12ClN5O2/c1-10-15-13(21-23(16(15)25)17-19-6-3-7-20-17)9-14(24)22(10)12-5-2-4-11(18)8-12/h2-9,21H,1H3. The normalized spacial score (nSPS) is 11.1. The third kappa shape index (κ3) is 2.45. The molecule has 0 saturated carbocycles. The van der Waals surface area contributed by atoms with E-state index >= 15 is 0 Å². The van der Waals surface area contributed by atoms with Crippen LogP contribution in [0.5, 0.6) is 0 Å². The van der Waals surface area contributed by atoms with Crippen molar-refractivity contribution < 1.29 is 0 Å². The minimum Gasteiger partial charge on any atom is -0.287 e. The lowest BCUT2D eigenvalue weighted by molar-refractivity contribution is 0.793. The van der Waals surface area contributed by atoms with Gasteiger partial charge in [-0.1, -0.05) is 17.7 Å². The van der Waals surface area contributed by atoms with Gasteiger partial charge in [0.25, 0.3) is 17.1 Å². The fourth-order valence-corrected chi connectivity index (χ4v) is 3.04. The summed E-state index contributed by atoms with van der Waals surface area (Å²) < 4.78 is 2.68. The molecule has 3 aromatic heterocycles. The molecule has 4 aromatic rings. The molecule has 0 saturated heterocycles. The second-order valence-electron chi connectivity index (χ2n) is 5.47. The minimum atomic E-state index is -0.325. The summed E-state index contributed by atoms with van der Waals surface area (Å²) in [5.74, 6) is 0.213. The Morgan fingerprint density at radius 3 is 2.56 bits per heavy atom. The Kier molecular flexibility index (Phi) is 3.51. The van der Waals surface area contributed by atoms with Gasteiger partial charge < -0.3 is 0 Å². The molecule has 0 fully saturated rings. The Hall–Kier alpha value is -3.19. The van der Waals surface area contributed by atoms with Gasteiger partial charge in [0.2, 0.25) is 0 Å². The van der Waals surface area contributed by atoms with Gasteiger partial charge in [-0.05, 0) is 31.2 Å². The van der Waals surface area contributed by atoms with Gasteiger partial charge in [-0.2, -0.15) is 4.68 Å². The number of pyridine rings is 1. The molecular formula is C17H12ClN5O2. The highest BCUT2D eigenvalue weighted by Gasteiger charge is 2.17. The molecule has 0 bridgehead atoms. The van der Waals surface area contributed by atoms with Crippen LogP contribution in [0.1, 0.15) is 5.69 Å². The first-order chi connectivity index (χ1) is 12.1. The highest BCUT2D eigenvalue weighted by molar-refractivity contribution is 6.30. The molecule has 0 radical (unpaired) electrons. The molecule has 0 aliphatic rings. The lowest BCUT2D eigenvalue weighted by atomic mass is 10.2. The molecule has 0 spiro atoms. The van der Waals surface area contributed by atoms with Crippen LogP contribution in [0.15, 0.2) is 58.4 Å². The summed E-state index contributed by atoms with van der Waals surface area (Å²) in [5.41, 5.74) is 0.947. The minimum absolute atomic E-state index is 0.213. The molecule has 8 heteroatoms. The lowest BCUT2D eigenvalue weighted by Crippen LogP contribution is -2.22. The Bertz CT molecular complexity index is 1210. The van der Waals surface area contributed by atoms with E-state index in [4.69, 9.17) is 11.6 Å². The summed E-state index contributed by atoms with van der Waals surface area (Å²) in [5, 5.41) is 3.79. The smallest absolute Gasteiger partial charge is 0.283 e. The van der Waals surface area contributed by atoms with Gasteiger partial charge in [-0.15, -0.1) is 0 Å². The Morgan fingerprint density at radius 1 is 1.08 bits per heavy atom. The third-order valence-electron chi connectivity index (χ3n) is 3.92. The number of fused-ring (bicyclic) bond motifs is 1. The maximum atomic E-state index is 12.8. The van der Waals surface area contributed by atoms with Crippen LogP contribution in [-0.4, -0.2) is 24.3 Å². The SMILES string of the molecule is Cc1c2c(=O)n(-c3ncccn3)[nH]c2cc(=O)n1-c1cccc(Cl)c1. The zero-order valence-corrected chi connectivity index (χ0v) is 13.9. The van der Waals surface area contributed by atoms with Gasteiger partial charge in [-0.3, -0.25) is 19.3 Å². The van der Waals surface area contributed by atoms with Crippen molar-refractivity contribution in [3.63, 3.8) is 0 Å². The average Bonchev–Trinajstić information content (AvgIpc) is 2.92. The summed E-state index contributed by atoms with van der Waals surface area (Å²) >= 11 is 6.03. The maximum absolute atomic E-state index is 12.8. The highest BCUT2D eigenvalue weighted by Crippen LogP contribution is 2.18. The number of halogens is 1. The van der Waals surface area contributed by atoms with Crippen molar-refractivity contribution in [2.24, 2.45) is 0 Å². The first-order valence-electron chi connectivity index (χ1n) is 7.47. The van der Waals surface area contributed by atoms with E-state index in [0.29, 0.717) is 27.3 Å². The van der Waals surface area contributed by atoms with Gasteiger partial charge >= 0.3 is 0 Å². The summed E-state index contributed by atoms with van der Waals surface area (Å²) in [7, 11) is 0. The van der Waals surface area contributed by atoms with E-state index in [0.717, 1.165) is 0 Å². The number of aromatic amines is 1. The average molecular weight is 354 g/mol. The number of nitrogens with one attached hydrogen (secondary N) is 1. The van der Waals surface area contributed by atoms with E-state index in [-0.39, 0.29) is 17.1 Å². The first kappa shape index (κ1) is 15.3. The molecule has 4 rings (SSSR count). The highest BCUT2D eigenvalue weighted by atomic mass is 35.5. The molecule has 0 amide bonds. The molecule has 3 heterocycles. The van der Waals surface area contributed by atoms with E-state index < -0.39 is 0 Å². The Balaban J connectivity index is 2.05. The van der Waals surface area contributed by atoms with E-state index in [1.54, 1.807) is 37.3 Å². The van der Waals surface area contributed by atoms with Gasteiger partial charge in [0.1, 0.15) is 0 Å². The van der Waals surface area contributed by atoms with E-state index in [1.165, 1.54) is 27.7 Å². The third-order valence-corrected chi connectivity index (χ3v) is 4.16. The predicted octanol–water partition coefficient (Wildman–Crippen LogP) is 2.22. The van der Waals surface area contributed by atoms with Crippen LogP contribution in [0, 0.1) is 6.92 Å². The van der Waals surface area contributed by atoms with Crippen molar-refractivity contribution in [1.29, 1.82) is 0 Å². The second kappa shape index (κ2) is 5.71. The maximum Gasteiger partial charge on any atom is 0.283 e. The number of aromatic nitrogens is 5. The fraction of sp³-hybridized carbons (Fsp3) is 0.0588. The van der Waals surface area contributed by atoms with E-state index in [1.807, 2.05) is 0 Å². The van der Waals surface area contributed by atoms with Gasteiger partial charge in [0, 0.05) is 29.2 Å². The largest absolute Gasteiger partial charge is 0.287 e. The Labute approximate surface area is 146 Å². The van der Waals surface area contributed by atoms with Gasteiger partial charge in [0.05, 0.1) is 16.6 Å². The molecule has 0 aliphatic carbocycles. The number of benzene rings is 1. The number of aryl methyl sites for hydroxylation is 1. The van der Waals surface area contributed by atoms with Crippen molar-refractivity contribution in [2.45, 2.75) is 6.92 Å². The monoisotopic (exact) mass is 353 g/mol. The molecule has 1 N–H and O–H groups in total. The van der Waals surface area contributed by atoms with E-state index in [9.17, 15) is 9.59 Å². The Morgan fingerprint density at radius 2 is 1.84 bits per heavy atom. The van der Waals surface area contributed by atoms with Crippen LogP contribution in [0.4, 0.5) is 0 Å². The number of rotatable bonds is 2. The van der Waals surface area contributed by atoms with Crippen LogP contribution in [-0.2, 0) is 0 Å². The van der Waals surface area contributed by atoms with Gasteiger partial charge in [0.15, 0.2) is 0 Å². The van der Waals surface area contributed by atoms with Crippen LogP contribution in [0.25, 0.3) is 22.5 Å². The molecule has 0 atom stereocenters. The quantitative estimate of drug-likeness (QED) is 0.598. The van der Waals surface area contributed by atoms with Crippen LogP contribution < -0.4 is 11.1 Å². The zero-order valence-electron chi connectivity index (χ0n) is 13.1. The summed E-state index contributed by atoms with van der Waals surface area (Å²) in [6, 6.07) is 9.95. The predicted molar refractivity (Wildman–Crippen MR) is 94.8 cm³/mol. The molecule has 1 aromatic carbocycles. The van der Waals surface area contributed by atoms with Crippen LogP contribution >= 0.6 is 11.6 Å². The first-order valence-corrected chi connectivity index (χ1v) is 7.85. The van der Waals surface area contributed by atoms with Crippen molar-refractivity contribution in [3.05, 3.63) is 80.2 Å². The van der Waals surface area contributed by atoms with Crippen molar-refractivity contribution >= 4 is 22.5 Å². The summed E-state index contributed by atoms with van der Waals surface area (Å²) in [6.07, 6.45) is 3.08. The number of hydrogen-bond acceptors (Lipinski definition) is 4. The van der Waals surface area contributed by atoms with Crippen molar-refractivity contribution in [2.75, 3.05) is 0 Å². The topological polar surface area (TPSA) is 85.6 Å². The molecule has 25 heavy (non-hydrogen) atoms.